The highest BCUT2D eigenvalue weighted by Gasteiger charge is 2.42. The van der Waals surface area contributed by atoms with Gasteiger partial charge in [0, 0.05) is 11.8 Å². The van der Waals surface area contributed by atoms with Crippen molar-refractivity contribution in [1.82, 2.24) is 9.55 Å². The summed E-state index contributed by atoms with van der Waals surface area (Å²) in [4.78, 5) is 15.6. The zero-order valence-electron chi connectivity index (χ0n) is 17.8. The van der Waals surface area contributed by atoms with E-state index in [4.69, 9.17) is 17.3 Å². The van der Waals surface area contributed by atoms with Gasteiger partial charge in [-0.1, -0.05) is 17.7 Å². The lowest BCUT2D eigenvalue weighted by Crippen LogP contribution is -2.30. The van der Waals surface area contributed by atoms with Crippen molar-refractivity contribution in [3.8, 4) is 17.1 Å². The highest BCUT2D eigenvalue weighted by Crippen LogP contribution is 2.42. The van der Waals surface area contributed by atoms with Gasteiger partial charge in [-0.25, -0.2) is 13.4 Å². The first-order valence-corrected chi connectivity index (χ1v) is 11.7. The molecule has 0 bridgehead atoms. The maximum atomic E-state index is 13.8. The maximum Gasteiger partial charge on any atom is 0.435 e. The summed E-state index contributed by atoms with van der Waals surface area (Å²) in [6.07, 6.45) is -15.5. The lowest BCUT2D eigenvalue weighted by molar-refractivity contribution is -0.142. The van der Waals surface area contributed by atoms with Crippen molar-refractivity contribution in [2.45, 2.75) is 23.4 Å². The third kappa shape index (κ3) is 5.53. The topological polar surface area (TPSA) is 95.1 Å². The summed E-state index contributed by atoms with van der Waals surface area (Å²) < 4.78 is 145. The molecular formula is C20H11ClF9N3O3S. The van der Waals surface area contributed by atoms with Crippen molar-refractivity contribution in [2.24, 2.45) is 0 Å². The van der Waals surface area contributed by atoms with Crippen molar-refractivity contribution < 1.29 is 47.9 Å². The molecule has 200 valence electrons. The summed E-state index contributed by atoms with van der Waals surface area (Å²) in [7, 11) is -3.89. The largest absolute Gasteiger partial charge is 0.435 e. The third-order valence-corrected chi connectivity index (χ3v) is 6.28. The predicted octanol–water partition coefficient (Wildman–Crippen LogP) is 5.60. The number of rotatable bonds is 3. The second-order valence-electron chi connectivity index (χ2n) is 7.48. The maximum absolute atomic E-state index is 13.8. The standard InChI is InChI=1S/C20H11ClF9N3O3S/c1-37(35,36)9-3-5-13(12(21)7-9)33-16(32-15(20(28,29)30)14(31)17(33)34)10-4-2-8(18(22,23)24)6-11(10)19(25,26)27/h2-7H,31H2,1H3. The molecule has 0 spiro atoms. The minimum atomic E-state index is -5.55. The number of sulfone groups is 1. The zero-order chi connectivity index (χ0) is 28.3. The molecule has 0 radical (unpaired) electrons. The molecule has 0 saturated heterocycles. The molecule has 0 fully saturated rings. The van der Waals surface area contributed by atoms with Crippen molar-refractivity contribution in [1.29, 1.82) is 0 Å². The van der Waals surface area contributed by atoms with E-state index in [9.17, 15) is 52.7 Å². The van der Waals surface area contributed by atoms with E-state index in [2.05, 4.69) is 4.98 Å². The third-order valence-electron chi connectivity index (χ3n) is 4.87. The fraction of sp³-hybridized carbons (Fsp3) is 0.200. The Hall–Kier alpha value is -3.27. The second-order valence-corrected chi connectivity index (χ2v) is 9.90. The van der Waals surface area contributed by atoms with Gasteiger partial charge < -0.3 is 5.73 Å². The Balaban J connectivity index is 2.53. The summed E-state index contributed by atoms with van der Waals surface area (Å²) in [5, 5.41) is -0.632. The van der Waals surface area contributed by atoms with E-state index in [1.807, 2.05) is 0 Å². The molecule has 37 heavy (non-hydrogen) atoms. The molecule has 6 nitrogen and oxygen atoms in total. The molecular weight excluding hydrogens is 569 g/mol. The van der Waals surface area contributed by atoms with Crippen LogP contribution in [0.4, 0.5) is 45.2 Å². The number of nitrogen functional groups attached to an aromatic ring is 1. The summed E-state index contributed by atoms with van der Waals surface area (Å²) in [6.45, 7) is 0. The van der Waals surface area contributed by atoms with Gasteiger partial charge in [0.2, 0.25) is 0 Å². The number of anilines is 1. The first-order chi connectivity index (χ1) is 16.6. The molecule has 17 heteroatoms. The Labute approximate surface area is 206 Å². The highest BCUT2D eigenvalue weighted by atomic mass is 35.5. The molecule has 2 N–H and O–H groups in total. The van der Waals surface area contributed by atoms with Crippen molar-refractivity contribution in [3.63, 3.8) is 0 Å². The van der Waals surface area contributed by atoms with E-state index in [0.717, 1.165) is 24.5 Å². The molecule has 0 atom stereocenters. The lowest BCUT2D eigenvalue weighted by atomic mass is 10.0. The molecule has 0 amide bonds. The molecule has 3 aromatic rings. The number of hydrogen-bond acceptors (Lipinski definition) is 5. The van der Waals surface area contributed by atoms with Crippen LogP contribution in [0, 0.1) is 0 Å². The number of alkyl halides is 9. The molecule has 1 aromatic heterocycles. The smallest absolute Gasteiger partial charge is 0.392 e. The summed E-state index contributed by atoms with van der Waals surface area (Å²) in [6, 6.07) is 2.38. The van der Waals surface area contributed by atoms with Gasteiger partial charge in [-0.05, 0) is 30.3 Å². The molecule has 2 aromatic carbocycles. The first-order valence-electron chi connectivity index (χ1n) is 9.42. The van der Waals surface area contributed by atoms with E-state index < -0.39 is 83.4 Å². The van der Waals surface area contributed by atoms with Crippen LogP contribution in [0.15, 0.2) is 46.1 Å². The van der Waals surface area contributed by atoms with Crippen LogP contribution in [-0.2, 0) is 28.4 Å². The Morgan fingerprint density at radius 2 is 1.49 bits per heavy atom. The van der Waals surface area contributed by atoms with Crippen LogP contribution in [-0.4, -0.2) is 24.2 Å². The quantitative estimate of drug-likeness (QED) is 0.408. The molecule has 0 aliphatic carbocycles. The molecule has 0 aliphatic heterocycles. The van der Waals surface area contributed by atoms with Crippen molar-refractivity contribution in [2.75, 3.05) is 12.0 Å². The van der Waals surface area contributed by atoms with Crippen molar-refractivity contribution in [3.05, 3.63) is 68.6 Å². The van der Waals surface area contributed by atoms with Crippen LogP contribution in [0.25, 0.3) is 17.1 Å². The second kappa shape index (κ2) is 8.93. The van der Waals surface area contributed by atoms with E-state index in [1.165, 1.54) is 0 Å². The number of hydrogen-bond donors (Lipinski definition) is 1. The van der Waals surface area contributed by atoms with Crippen LogP contribution in [0.1, 0.15) is 16.8 Å². The van der Waals surface area contributed by atoms with E-state index in [-0.39, 0.29) is 22.8 Å². The fourth-order valence-electron chi connectivity index (χ4n) is 3.20. The predicted molar refractivity (Wildman–Crippen MR) is 113 cm³/mol. The SMILES string of the molecule is CS(=O)(=O)c1ccc(-n2c(-c3ccc(C(F)(F)F)cc3C(F)(F)F)nc(C(F)(F)F)c(N)c2=O)c(Cl)c1. The Bertz CT molecular complexity index is 1560. The lowest BCUT2D eigenvalue weighted by Gasteiger charge is -2.21. The molecule has 1 heterocycles. The van der Waals surface area contributed by atoms with Crippen LogP contribution >= 0.6 is 11.6 Å². The number of nitrogens with two attached hydrogens (primary N) is 1. The van der Waals surface area contributed by atoms with Crippen molar-refractivity contribution >= 4 is 27.1 Å². The summed E-state index contributed by atoms with van der Waals surface area (Å²) in [5.41, 5.74) is -5.96. The summed E-state index contributed by atoms with van der Waals surface area (Å²) >= 11 is 6.01. The van der Waals surface area contributed by atoms with Crippen LogP contribution in [0.3, 0.4) is 0 Å². The van der Waals surface area contributed by atoms with E-state index in [0.29, 0.717) is 0 Å². The summed E-state index contributed by atoms with van der Waals surface area (Å²) in [5.74, 6) is -1.40. The monoisotopic (exact) mass is 579 g/mol. The van der Waals surface area contributed by atoms with Gasteiger partial charge >= 0.3 is 18.5 Å². The number of nitrogens with zero attached hydrogens (tertiary/aromatic N) is 2. The number of aromatic nitrogens is 2. The molecule has 0 unspecified atom stereocenters. The van der Waals surface area contributed by atoms with Gasteiger partial charge in [-0.15, -0.1) is 0 Å². The molecule has 0 saturated carbocycles. The van der Waals surface area contributed by atoms with E-state index >= 15 is 0 Å². The van der Waals surface area contributed by atoms with Gasteiger partial charge in [-0.3, -0.25) is 9.36 Å². The van der Waals surface area contributed by atoms with Gasteiger partial charge in [0.25, 0.3) is 5.56 Å². The zero-order valence-corrected chi connectivity index (χ0v) is 19.4. The van der Waals surface area contributed by atoms with Crippen LogP contribution in [0.5, 0.6) is 0 Å². The molecule has 0 aliphatic rings. The minimum Gasteiger partial charge on any atom is -0.392 e. The van der Waals surface area contributed by atoms with Gasteiger partial charge in [0.1, 0.15) is 11.5 Å². The normalized spacial score (nSPS) is 13.2. The average Bonchev–Trinajstić information content (AvgIpc) is 2.72. The Morgan fingerprint density at radius 3 is 1.95 bits per heavy atom. The number of halogens is 10. The van der Waals surface area contributed by atoms with Crippen LogP contribution in [0.2, 0.25) is 5.02 Å². The Kier molecular flexibility index (Phi) is 6.83. The average molecular weight is 580 g/mol. The highest BCUT2D eigenvalue weighted by molar-refractivity contribution is 7.90. The first kappa shape index (κ1) is 28.3. The minimum absolute atomic E-state index is 0.122. The number of benzene rings is 2. The Morgan fingerprint density at radius 1 is 0.892 bits per heavy atom. The van der Waals surface area contributed by atoms with Gasteiger partial charge in [0.05, 0.1) is 26.7 Å². The van der Waals surface area contributed by atoms with Crippen LogP contribution < -0.4 is 11.3 Å². The van der Waals surface area contributed by atoms with E-state index in [1.54, 1.807) is 0 Å². The van der Waals surface area contributed by atoms with Gasteiger partial charge in [0.15, 0.2) is 15.5 Å². The van der Waals surface area contributed by atoms with Gasteiger partial charge in [-0.2, -0.15) is 39.5 Å². The molecule has 3 rings (SSSR count). The fourth-order valence-corrected chi connectivity index (χ4v) is 4.18.